The molecule has 27 heavy (non-hydrogen) atoms. The molecule has 10 heteroatoms. The molecular weight excluding hydrogens is 376 g/mol. The van der Waals surface area contributed by atoms with Crippen LogP contribution in [-0.2, 0) is 19.6 Å². The molecule has 0 spiro atoms. The highest BCUT2D eigenvalue weighted by molar-refractivity contribution is 7.89. The maximum atomic E-state index is 12.8. The summed E-state index contributed by atoms with van der Waals surface area (Å²) in [4.78, 5) is 35.8. The van der Waals surface area contributed by atoms with E-state index in [1.54, 1.807) is 19.1 Å². The number of carbonyl (C=O) groups is 3. The number of nitrogens with one attached hydrogen (secondary N) is 1. The van der Waals surface area contributed by atoms with Crippen molar-refractivity contribution in [2.45, 2.75) is 24.3 Å². The lowest BCUT2D eigenvalue weighted by Gasteiger charge is -2.17. The van der Waals surface area contributed by atoms with Gasteiger partial charge in [0.25, 0.3) is 5.91 Å². The minimum Gasteiger partial charge on any atom is -0.481 e. The summed E-state index contributed by atoms with van der Waals surface area (Å²) < 4.78 is 27.4. The Bertz CT molecular complexity index is 1080. The van der Waals surface area contributed by atoms with Crippen LogP contribution in [0.1, 0.15) is 23.7 Å². The third-order valence-corrected chi connectivity index (χ3v) is 5.85. The summed E-state index contributed by atoms with van der Waals surface area (Å²) in [6, 6.07) is 5.62. The number of carbonyl (C=O) groups excluding carboxylic acids is 1. The highest BCUT2D eigenvalue weighted by Crippen LogP contribution is 2.39. The monoisotopic (exact) mass is 392 g/mol. The maximum absolute atomic E-state index is 12.8. The number of benzene rings is 2. The van der Waals surface area contributed by atoms with E-state index >= 15 is 0 Å². The first-order chi connectivity index (χ1) is 12.7. The van der Waals surface area contributed by atoms with Crippen molar-refractivity contribution in [1.82, 2.24) is 4.72 Å². The van der Waals surface area contributed by atoms with Crippen molar-refractivity contribution in [3.8, 4) is 0 Å². The lowest BCUT2D eigenvalue weighted by atomic mass is 10.1. The molecular formula is C17H16N2O7S. The first-order valence-corrected chi connectivity index (χ1v) is 9.50. The number of rotatable bonds is 7. The summed E-state index contributed by atoms with van der Waals surface area (Å²) in [5.41, 5.74) is 0.939. The highest BCUT2D eigenvalue weighted by Gasteiger charge is 2.33. The lowest BCUT2D eigenvalue weighted by Crippen LogP contribution is -2.42. The van der Waals surface area contributed by atoms with Crippen LogP contribution in [0.2, 0.25) is 0 Å². The number of hydrogen-bond acceptors (Lipinski definition) is 5. The van der Waals surface area contributed by atoms with Crippen molar-refractivity contribution in [3.05, 3.63) is 35.9 Å². The normalized spacial score (nSPS) is 14.6. The lowest BCUT2D eigenvalue weighted by molar-refractivity contribution is -0.145. The van der Waals surface area contributed by atoms with E-state index in [0.717, 1.165) is 0 Å². The van der Waals surface area contributed by atoms with Crippen molar-refractivity contribution in [2.75, 3.05) is 11.4 Å². The van der Waals surface area contributed by atoms with Gasteiger partial charge in [-0.2, -0.15) is 4.72 Å². The van der Waals surface area contributed by atoms with E-state index < -0.39 is 34.4 Å². The number of carboxylic acid groups (broad SMARTS) is 2. The second-order valence-corrected chi connectivity index (χ2v) is 7.65. The molecule has 0 aliphatic carbocycles. The minimum atomic E-state index is -4.35. The van der Waals surface area contributed by atoms with Crippen molar-refractivity contribution < 1.29 is 33.0 Å². The van der Waals surface area contributed by atoms with Gasteiger partial charge in [0.05, 0.1) is 17.0 Å². The van der Waals surface area contributed by atoms with Gasteiger partial charge in [-0.3, -0.25) is 14.4 Å². The third kappa shape index (κ3) is 3.13. The molecule has 0 fully saturated rings. The topological polar surface area (TPSA) is 141 Å². The maximum Gasteiger partial charge on any atom is 0.322 e. The molecule has 0 bridgehead atoms. The average Bonchev–Trinajstić information content (AvgIpc) is 2.87. The van der Waals surface area contributed by atoms with E-state index in [4.69, 9.17) is 10.2 Å². The molecule has 1 heterocycles. The Hall–Kier alpha value is -2.98. The summed E-state index contributed by atoms with van der Waals surface area (Å²) in [7, 11) is -4.35. The van der Waals surface area contributed by atoms with Gasteiger partial charge < -0.3 is 15.1 Å². The van der Waals surface area contributed by atoms with Gasteiger partial charge >= 0.3 is 11.9 Å². The molecule has 0 aromatic heterocycles. The number of hydrogen-bond donors (Lipinski definition) is 3. The van der Waals surface area contributed by atoms with Gasteiger partial charge in [-0.25, -0.2) is 8.42 Å². The quantitative estimate of drug-likeness (QED) is 0.639. The zero-order chi connectivity index (χ0) is 19.9. The van der Waals surface area contributed by atoms with Crippen molar-refractivity contribution in [1.29, 1.82) is 0 Å². The number of nitrogens with zero attached hydrogens (tertiary/aromatic N) is 1. The van der Waals surface area contributed by atoms with Crippen LogP contribution in [0.25, 0.3) is 10.8 Å². The van der Waals surface area contributed by atoms with Gasteiger partial charge in [-0.1, -0.05) is 12.1 Å². The molecule has 0 radical (unpaired) electrons. The van der Waals surface area contributed by atoms with E-state index in [9.17, 15) is 22.8 Å². The molecule has 1 amide bonds. The second-order valence-electron chi connectivity index (χ2n) is 5.97. The summed E-state index contributed by atoms with van der Waals surface area (Å²) in [6.07, 6.45) is -0.905. The molecule has 1 aliphatic rings. The van der Waals surface area contributed by atoms with Crippen LogP contribution in [0.5, 0.6) is 0 Å². The first-order valence-electron chi connectivity index (χ1n) is 8.02. The highest BCUT2D eigenvalue weighted by atomic mass is 32.2. The van der Waals surface area contributed by atoms with E-state index in [1.807, 2.05) is 4.72 Å². The molecule has 2 aromatic carbocycles. The molecule has 0 saturated heterocycles. The molecule has 3 N–H and O–H groups in total. The number of aliphatic carboxylic acids is 2. The van der Waals surface area contributed by atoms with Crippen LogP contribution in [0.4, 0.5) is 5.69 Å². The Balaban J connectivity index is 2.13. The van der Waals surface area contributed by atoms with Crippen LogP contribution in [0, 0.1) is 0 Å². The van der Waals surface area contributed by atoms with Crippen molar-refractivity contribution >= 4 is 44.3 Å². The summed E-state index contributed by atoms with van der Waals surface area (Å²) in [5.74, 6) is -3.29. The van der Waals surface area contributed by atoms with Crippen LogP contribution >= 0.6 is 0 Å². The fourth-order valence-electron chi connectivity index (χ4n) is 3.17. The predicted octanol–water partition coefficient (Wildman–Crippen LogP) is 1.03. The van der Waals surface area contributed by atoms with Gasteiger partial charge in [0.15, 0.2) is 0 Å². The third-order valence-electron chi connectivity index (χ3n) is 4.32. The summed E-state index contributed by atoms with van der Waals surface area (Å²) in [6.45, 7) is 2.21. The standard InChI is InChI=1S/C17H16N2O7S/c1-2-19-12-6-7-13(9-4-3-5-10(15(9)12)16(19)22)27(25,26)18-11(17(23)24)8-14(20)21/h3-7,11,18H,2,8H2,1H3,(H,20,21)(H,23,24). The van der Waals surface area contributed by atoms with Gasteiger partial charge in [0, 0.05) is 22.9 Å². The molecule has 1 unspecified atom stereocenters. The summed E-state index contributed by atoms with van der Waals surface area (Å²) in [5, 5.41) is 18.6. The summed E-state index contributed by atoms with van der Waals surface area (Å²) >= 11 is 0. The number of amides is 1. The zero-order valence-corrected chi connectivity index (χ0v) is 15.0. The fourth-order valence-corrected chi connectivity index (χ4v) is 4.56. The van der Waals surface area contributed by atoms with E-state index in [-0.39, 0.29) is 16.2 Å². The molecule has 0 saturated carbocycles. The molecule has 142 valence electrons. The van der Waals surface area contributed by atoms with Crippen LogP contribution < -0.4 is 9.62 Å². The van der Waals surface area contributed by atoms with Gasteiger partial charge in [-0.15, -0.1) is 0 Å². The van der Waals surface area contributed by atoms with Gasteiger partial charge in [0.2, 0.25) is 10.0 Å². The van der Waals surface area contributed by atoms with Gasteiger partial charge in [0.1, 0.15) is 6.04 Å². The van der Waals surface area contributed by atoms with Crippen LogP contribution in [-0.4, -0.2) is 49.1 Å². The fraction of sp³-hybridized carbons (Fsp3) is 0.235. The first kappa shape index (κ1) is 18.8. The van der Waals surface area contributed by atoms with Gasteiger partial charge in [-0.05, 0) is 25.1 Å². The number of sulfonamides is 1. The molecule has 1 aliphatic heterocycles. The smallest absolute Gasteiger partial charge is 0.322 e. The van der Waals surface area contributed by atoms with Crippen molar-refractivity contribution in [2.24, 2.45) is 0 Å². The molecule has 9 nitrogen and oxygen atoms in total. The number of anilines is 1. The van der Waals surface area contributed by atoms with Crippen molar-refractivity contribution in [3.63, 3.8) is 0 Å². The van der Waals surface area contributed by atoms with E-state index in [2.05, 4.69) is 0 Å². The largest absolute Gasteiger partial charge is 0.481 e. The average molecular weight is 392 g/mol. The van der Waals surface area contributed by atoms with Crippen LogP contribution in [0.15, 0.2) is 35.2 Å². The Morgan fingerprint density at radius 3 is 2.48 bits per heavy atom. The SMILES string of the molecule is CCN1C(=O)c2cccc3c(S(=O)(=O)NC(CC(=O)O)C(=O)O)ccc1c23. The Kier molecular flexibility index (Phi) is 4.62. The second kappa shape index (κ2) is 6.63. The van der Waals surface area contributed by atoms with E-state index in [0.29, 0.717) is 23.2 Å². The molecule has 2 aromatic rings. The predicted molar refractivity (Wildman–Crippen MR) is 95.3 cm³/mol. The van der Waals surface area contributed by atoms with Crippen LogP contribution in [0.3, 0.4) is 0 Å². The Morgan fingerprint density at radius 2 is 1.89 bits per heavy atom. The Labute approximate surface area is 154 Å². The Morgan fingerprint density at radius 1 is 1.19 bits per heavy atom. The molecule has 1 atom stereocenters. The van der Waals surface area contributed by atoms with E-state index in [1.165, 1.54) is 23.1 Å². The molecule has 3 rings (SSSR count). The zero-order valence-electron chi connectivity index (χ0n) is 14.2. The number of carboxylic acids is 2. The minimum absolute atomic E-state index is 0.217.